The van der Waals surface area contributed by atoms with Crippen LogP contribution in [0.4, 0.5) is 10.5 Å². The second kappa shape index (κ2) is 6.10. The number of methoxy groups -OCH3 is 2. The predicted octanol–water partition coefficient (Wildman–Crippen LogP) is -0.346. The lowest BCUT2D eigenvalue weighted by atomic mass is 10.3. The smallest absolute Gasteiger partial charge is 0.321 e. The fourth-order valence-corrected chi connectivity index (χ4v) is 3.14. The van der Waals surface area contributed by atoms with Gasteiger partial charge >= 0.3 is 6.03 Å². The number of amides is 3. The Labute approximate surface area is 127 Å². The minimum atomic E-state index is -4.08. The Morgan fingerprint density at radius 2 is 1.95 bits per heavy atom. The summed E-state index contributed by atoms with van der Waals surface area (Å²) in [6.45, 7) is -0.313. The van der Waals surface area contributed by atoms with Gasteiger partial charge in [-0.2, -0.15) is 0 Å². The summed E-state index contributed by atoms with van der Waals surface area (Å²) in [6.07, 6.45) is 0. The fraction of sp³-hybridized carbons (Fsp3) is 0.333. The molecular formula is C12H15N3O6S. The van der Waals surface area contributed by atoms with E-state index in [-0.39, 0.29) is 18.0 Å². The van der Waals surface area contributed by atoms with Crippen LogP contribution < -0.4 is 24.8 Å². The number of rotatable bonds is 5. The molecule has 3 amide bonds. The number of carbonyl (C=O) groups is 2. The molecule has 1 saturated heterocycles. The van der Waals surface area contributed by atoms with Crippen molar-refractivity contribution in [3.05, 3.63) is 18.2 Å². The molecule has 0 radical (unpaired) electrons. The number of carbonyl (C=O) groups excluding carboxylic acids is 2. The quantitative estimate of drug-likeness (QED) is 0.679. The zero-order chi connectivity index (χ0) is 16.3. The van der Waals surface area contributed by atoms with E-state index in [4.69, 9.17) is 9.47 Å². The van der Waals surface area contributed by atoms with Crippen molar-refractivity contribution < 1.29 is 27.5 Å². The van der Waals surface area contributed by atoms with Gasteiger partial charge in [0.25, 0.3) is 0 Å². The highest BCUT2D eigenvalue weighted by Crippen LogP contribution is 2.30. The molecule has 1 aromatic carbocycles. The molecule has 0 bridgehead atoms. The predicted molar refractivity (Wildman–Crippen MR) is 77.4 cm³/mol. The maximum absolute atomic E-state index is 12.3. The van der Waals surface area contributed by atoms with Crippen LogP contribution >= 0.6 is 0 Å². The first-order valence-corrected chi connectivity index (χ1v) is 7.74. The van der Waals surface area contributed by atoms with E-state index in [0.29, 0.717) is 5.75 Å². The van der Waals surface area contributed by atoms with Crippen molar-refractivity contribution in [2.75, 3.05) is 25.5 Å². The second-order valence-corrected chi connectivity index (χ2v) is 6.26. The lowest BCUT2D eigenvalue weighted by Gasteiger charge is -2.23. The molecule has 0 aromatic heterocycles. The number of urea groups is 1. The number of ether oxygens (including phenoxy) is 2. The Morgan fingerprint density at radius 3 is 2.55 bits per heavy atom. The summed E-state index contributed by atoms with van der Waals surface area (Å²) >= 11 is 0. The topological polar surface area (TPSA) is 123 Å². The number of sulfonamides is 1. The Hall–Kier alpha value is -2.49. The average molecular weight is 329 g/mol. The highest BCUT2D eigenvalue weighted by atomic mass is 32.2. The summed E-state index contributed by atoms with van der Waals surface area (Å²) < 4.78 is 37.0. The van der Waals surface area contributed by atoms with Crippen LogP contribution in [0.2, 0.25) is 0 Å². The van der Waals surface area contributed by atoms with Gasteiger partial charge in [0.05, 0.1) is 19.9 Å². The van der Waals surface area contributed by atoms with E-state index in [2.05, 4.69) is 10.0 Å². The molecule has 1 aliphatic rings. The summed E-state index contributed by atoms with van der Waals surface area (Å²) in [5, 5.41) is 2.72. The molecule has 0 aliphatic carbocycles. The van der Waals surface area contributed by atoms with E-state index in [1.54, 1.807) is 6.07 Å². The molecular weight excluding hydrogens is 314 g/mol. The van der Waals surface area contributed by atoms with Crippen LogP contribution in [-0.4, -0.2) is 46.4 Å². The molecule has 120 valence electrons. The molecule has 1 atom stereocenters. The molecule has 1 aliphatic heterocycles. The number of nitrogens with one attached hydrogen (secondary N) is 3. The maximum atomic E-state index is 12.3. The van der Waals surface area contributed by atoms with Gasteiger partial charge in [0.2, 0.25) is 15.9 Å². The first kappa shape index (κ1) is 15.9. The Morgan fingerprint density at radius 1 is 1.23 bits per heavy atom. The molecule has 0 saturated carbocycles. The van der Waals surface area contributed by atoms with Gasteiger partial charge in [-0.1, -0.05) is 0 Å². The standard InChI is InChI=1S/C12H15N3O6S/c1-20-7-3-4-9(21-2)8(5-7)15-22(18,19)10-6-13-12(17)14-11(10)16/h3-5,10,15H,6H2,1-2H3,(H2,13,14,16,17). The second-order valence-electron chi connectivity index (χ2n) is 4.40. The SMILES string of the molecule is COc1ccc(OC)c(NS(=O)(=O)C2CNC(=O)NC2=O)c1. The largest absolute Gasteiger partial charge is 0.497 e. The highest BCUT2D eigenvalue weighted by Gasteiger charge is 2.37. The van der Waals surface area contributed by atoms with Crippen molar-refractivity contribution in [1.82, 2.24) is 10.6 Å². The molecule has 9 nitrogen and oxygen atoms in total. The van der Waals surface area contributed by atoms with Crippen LogP contribution in [0.25, 0.3) is 0 Å². The molecule has 22 heavy (non-hydrogen) atoms. The van der Waals surface area contributed by atoms with Crippen LogP contribution in [0.3, 0.4) is 0 Å². The van der Waals surface area contributed by atoms with Crippen LogP contribution in [0.15, 0.2) is 18.2 Å². The zero-order valence-electron chi connectivity index (χ0n) is 11.9. The van der Waals surface area contributed by atoms with Gasteiger partial charge < -0.3 is 14.8 Å². The summed E-state index contributed by atoms with van der Waals surface area (Å²) in [4.78, 5) is 22.7. The van der Waals surface area contributed by atoms with E-state index in [0.717, 1.165) is 0 Å². The van der Waals surface area contributed by atoms with Crippen molar-refractivity contribution >= 4 is 27.6 Å². The van der Waals surface area contributed by atoms with E-state index >= 15 is 0 Å². The van der Waals surface area contributed by atoms with Crippen LogP contribution in [0.1, 0.15) is 0 Å². The first-order valence-electron chi connectivity index (χ1n) is 6.19. The Kier molecular flexibility index (Phi) is 4.40. The number of imide groups is 1. The molecule has 1 aromatic rings. The minimum absolute atomic E-state index is 0.131. The summed E-state index contributed by atoms with van der Waals surface area (Å²) in [5.74, 6) is -0.206. The Balaban J connectivity index is 2.28. The third-order valence-electron chi connectivity index (χ3n) is 3.01. The molecule has 10 heteroatoms. The third kappa shape index (κ3) is 3.22. The molecule has 3 N–H and O–H groups in total. The highest BCUT2D eigenvalue weighted by molar-refractivity contribution is 7.94. The van der Waals surface area contributed by atoms with Crippen molar-refractivity contribution in [1.29, 1.82) is 0 Å². The molecule has 0 spiro atoms. The Bertz CT molecular complexity index is 703. The van der Waals surface area contributed by atoms with Gasteiger partial charge in [-0.05, 0) is 12.1 Å². The van der Waals surface area contributed by atoms with E-state index in [1.165, 1.54) is 26.4 Å². The van der Waals surface area contributed by atoms with E-state index in [1.807, 2.05) is 5.32 Å². The van der Waals surface area contributed by atoms with Gasteiger partial charge in [0, 0.05) is 12.6 Å². The van der Waals surface area contributed by atoms with Gasteiger partial charge in [-0.15, -0.1) is 0 Å². The van der Waals surface area contributed by atoms with Crippen LogP contribution in [0, 0.1) is 0 Å². The lowest BCUT2D eigenvalue weighted by Crippen LogP contribution is -2.58. The van der Waals surface area contributed by atoms with E-state index < -0.39 is 27.2 Å². The average Bonchev–Trinajstić information content (AvgIpc) is 2.46. The number of hydrogen-bond acceptors (Lipinski definition) is 6. The first-order chi connectivity index (χ1) is 10.4. The van der Waals surface area contributed by atoms with E-state index in [9.17, 15) is 18.0 Å². The normalized spacial score (nSPS) is 18.2. The van der Waals surface area contributed by atoms with Gasteiger partial charge in [0.15, 0.2) is 5.25 Å². The molecule has 1 fully saturated rings. The summed E-state index contributed by atoms with van der Waals surface area (Å²) in [5.41, 5.74) is 0.131. The summed E-state index contributed by atoms with van der Waals surface area (Å²) in [6, 6.07) is 3.83. The van der Waals surface area contributed by atoms with Crippen LogP contribution in [-0.2, 0) is 14.8 Å². The monoisotopic (exact) mass is 329 g/mol. The van der Waals surface area contributed by atoms with Crippen molar-refractivity contribution in [2.24, 2.45) is 0 Å². The van der Waals surface area contributed by atoms with Crippen molar-refractivity contribution in [3.63, 3.8) is 0 Å². The van der Waals surface area contributed by atoms with Crippen molar-refractivity contribution in [3.8, 4) is 11.5 Å². The minimum Gasteiger partial charge on any atom is -0.497 e. The summed E-state index contributed by atoms with van der Waals surface area (Å²) in [7, 11) is -1.26. The maximum Gasteiger partial charge on any atom is 0.321 e. The van der Waals surface area contributed by atoms with Gasteiger partial charge in [-0.3, -0.25) is 14.8 Å². The molecule has 2 rings (SSSR count). The molecule has 1 unspecified atom stereocenters. The zero-order valence-corrected chi connectivity index (χ0v) is 12.7. The van der Waals surface area contributed by atoms with Crippen LogP contribution in [0.5, 0.6) is 11.5 Å². The number of hydrogen-bond donors (Lipinski definition) is 3. The fourth-order valence-electron chi connectivity index (χ4n) is 1.88. The van der Waals surface area contributed by atoms with Crippen molar-refractivity contribution in [2.45, 2.75) is 5.25 Å². The number of anilines is 1. The van der Waals surface area contributed by atoms with Gasteiger partial charge in [0.1, 0.15) is 11.5 Å². The van der Waals surface area contributed by atoms with Gasteiger partial charge in [-0.25, -0.2) is 13.2 Å². The lowest BCUT2D eigenvalue weighted by molar-refractivity contribution is -0.120. The molecule has 1 heterocycles. The number of benzene rings is 1. The third-order valence-corrected chi connectivity index (χ3v) is 4.64.